The minimum atomic E-state index is -1.40. The Balaban J connectivity index is 0.701. The summed E-state index contributed by atoms with van der Waals surface area (Å²) in [5.41, 5.74) is 6.53. The minimum Gasteiger partial charge on any atom is -0.508 e. The SMILES string of the molecule is CCc1cccc2cc(O)cc(-c3ncc4c(N5CC6CCC(C5)N6)nc(OCCN5CCC(COc6cc([C@@H](C(=O)N7CS(=O)C[C@H]7C(=O)N[C@@H](C)c7ccc(-c8scnc8C)cc7)C(C)C)on6)CC5)nc4c3F)c12. The lowest BCUT2D eigenvalue weighted by atomic mass is 9.91. The van der Waals surface area contributed by atoms with Crippen molar-refractivity contribution in [3.8, 4) is 39.3 Å². The molecule has 0 saturated carbocycles. The van der Waals surface area contributed by atoms with Crippen molar-refractivity contribution in [2.45, 2.75) is 96.8 Å². The summed E-state index contributed by atoms with van der Waals surface area (Å²) in [6, 6.07) is 18.3. The number of anilines is 1. The lowest BCUT2D eigenvalue weighted by Gasteiger charge is -2.34. The van der Waals surface area contributed by atoms with Crippen molar-refractivity contribution in [2.75, 3.05) is 62.5 Å². The normalized spacial score (nSPS) is 20.8. The van der Waals surface area contributed by atoms with Crippen LogP contribution in [0.25, 0.3) is 43.4 Å². The lowest BCUT2D eigenvalue weighted by molar-refractivity contribution is -0.140. The Kier molecular flexibility index (Phi) is 15.3. The van der Waals surface area contributed by atoms with Crippen LogP contribution in [0.1, 0.15) is 87.9 Å². The highest BCUT2D eigenvalue weighted by molar-refractivity contribution is 7.85. The second-order valence-electron chi connectivity index (χ2n) is 21.3. The molecule has 4 aliphatic heterocycles. The molecule has 6 atom stereocenters. The van der Waals surface area contributed by atoms with Crippen molar-refractivity contribution in [1.29, 1.82) is 0 Å². The van der Waals surface area contributed by atoms with Gasteiger partial charge >= 0.3 is 6.01 Å². The van der Waals surface area contributed by atoms with Crippen LogP contribution in [0.4, 0.5) is 10.2 Å². The molecule has 4 aromatic heterocycles. The van der Waals surface area contributed by atoms with E-state index in [1.54, 1.807) is 35.7 Å². The highest BCUT2D eigenvalue weighted by atomic mass is 32.2. The molecule has 3 unspecified atom stereocenters. The number of piperazine rings is 1. The van der Waals surface area contributed by atoms with E-state index in [-0.39, 0.29) is 70.2 Å². The van der Waals surface area contributed by atoms with Crippen LogP contribution in [0, 0.1) is 24.6 Å². The summed E-state index contributed by atoms with van der Waals surface area (Å²) < 4.78 is 48.3. The number of amides is 2. The Morgan fingerprint density at radius 2 is 1.78 bits per heavy atom. The number of carbonyl (C=O) groups is 2. The van der Waals surface area contributed by atoms with Crippen molar-refractivity contribution in [2.24, 2.45) is 11.8 Å². The third-order valence-electron chi connectivity index (χ3n) is 15.8. The first kappa shape index (κ1) is 52.4. The van der Waals surface area contributed by atoms with Gasteiger partial charge in [-0.05, 0) is 116 Å². The van der Waals surface area contributed by atoms with Crippen LogP contribution in [-0.2, 0) is 26.8 Å². The van der Waals surface area contributed by atoms with Crippen LogP contribution >= 0.6 is 11.3 Å². The second-order valence-corrected chi connectivity index (χ2v) is 23.7. The van der Waals surface area contributed by atoms with E-state index in [2.05, 4.69) is 37.5 Å². The average molecular weight is 1090 g/mol. The smallest absolute Gasteiger partial charge is 0.319 e. The Labute approximate surface area is 453 Å². The molecule has 0 spiro atoms. The maximum Gasteiger partial charge on any atom is 0.319 e. The maximum atomic E-state index is 17.1. The third kappa shape index (κ3) is 11.0. The molecule has 404 valence electrons. The molecule has 7 aromatic rings. The van der Waals surface area contributed by atoms with Gasteiger partial charge in [0.25, 0.3) is 5.88 Å². The molecule has 8 heterocycles. The number of likely N-dealkylation sites (tertiary alicyclic amines) is 1. The second kappa shape index (κ2) is 22.4. The highest BCUT2D eigenvalue weighted by Gasteiger charge is 2.43. The topological polar surface area (TPSA) is 201 Å². The first-order valence-electron chi connectivity index (χ1n) is 26.8. The molecule has 2 bridgehead atoms. The number of phenols is 1. The molecule has 4 fully saturated rings. The Morgan fingerprint density at radius 3 is 2.51 bits per heavy atom. The fourth-order valence-electron chi connectivity index (χ4n) is 11.6. The van der Waals surface area contributed by atoms with Crippen molar-refractivity contribution in [3.63, 3.8) is 0 Å². The van der Waals surface area contributed by atoms with Gasteiger partial charge in [0, 0.05) is 60.3 Å². The predicted octanol–water partition coefficient (Wildman–Crippen LogP) is 8.32. The van der Waals surface area contributed by atoms with Crippen LogP contribution in [0.5, 0.6) is 17.6 Å². The molecule has 0 aliphatic carbocycles. The molecule has 2 amide bonds. The number of aromatic hydroxyl groups is 1. The van der Waals surface area contributed by atoms with E-state index < -0.39 is 28.6 Å². The van der Waals surface area contributed by atoms with E-state index >= 15 is 4.39 Å². The van der Waals surface area contributed by atoms with Crippen molar-refractivity contribution < 1.29 is 37.3 Å². The number of piperidine rings is 1. The minimum absolute atomic E-state index is 0.0294. The summed E-state index contributed by atoms with van der Waals surface area (Å²) >= 11 is 1.58. The lowest BCUT2D eigenvalue weighted by Crippen LogP contribution is -2.51. The van der Waals surface area contributed by atoms with E-state index in [1.165, 1.54) is 4.90 Å². The number of halogens is 1. The highest BCUT2D eigenvalue weighted by Crippen LogP contribution is 2.40. The number of nitrogens with zero attached hydrogens (tertiary/aromatic N) is 8. The van der Waals surface area contributed by atoms with Gasteiger partial charge in [-0.1, -0.05) is 63.2 Å². The number of aromatic nitrogens is 5. The summed E-state index contributed by atoms with van der Waals surface area (Å²) in [6.45, 7) is 14.2. The molecule has 77 heavy (non-hydrogen) atoms. The molecule has 3 aromatic carbocycles. The standard InChI is InChI=1S/C57H65FN10O7S2/c1-6-36-8-7-9-39-22-42(69)23-43(49(36)39)51-50(58)52-44(25-59-51)54(67-26-40-14-15-41(27-67)62-40)64-57(63-52)73-21-20-66-18-16-35(17-19-66)28-74-47-24-46(75-65-47)48(32(2)3)56(71)68-31-77(72)29-45(68)55(70)61-33(4)37-10-12-38(13-11-37)53-34(5)60-30-76-53/h7-13,22-25,30,32-33,35,40-41,45,48,62,69H,6,14-21,26-29,31H2,1-5H3,(H,61,70)/t33-,40?,41?,45-,48-,77?/m0/s1. The largest absolute Gasteiger partial charge is 0.508 e. The molecule has 4 aliphatic rings. The van der Waals surface area contributed by atoms with E-state index in [1.807, 2.05) is 75.7 Å². The zero-order valence-corrected chi connectivity index (χ0v) is 45.7. The number of hydrogen-bond acceptors (Lipinski definition) is 16. The first-order chi connectivity index (χ1) is 37.3. The molecule has 20 heteroatoms. The molecule has 0 radical (unpaired) electrons. The van der Waals surface area contributed by atoms with Crippen LogP contribution in [-0.4, -0.2) is 132 Å². The average Bonchev–Trinajstić information content (AvgIpc) is 4.26. The number of thiazole rings is 1. The van der Waals surface area contributed by atoms with E-state index in [0.717, 1.165) is 96.3 Å². The number of fused-ring (bicyclic) bond motifs is 4. The zero-order chi connectivity index (χ0) is 53.5. The van der Waals surface area contributed by atoms with Gasteiger partial charge in [0.15, 0.2) is 11.6 Å². The Bertz CT molecular complexity index is 3320. The number of hydrogen-bond donors (Lipinski definition) is 3. The van der Waals surface area contributed by atoms with Gasteiger partial charge in [-0.3, -0.25) is 23.7 Å². The summed E-state index contributed by atoms with van der Waals surface area (Å²) in [5, 5.41) is 23.8. The van der Waals surface area contributed by atoms with Crippen LogP contribution in [0.2, 0.25) is 0 Å². The van der Waals surface area contributed by atoms with Gasteiger partial charge in [-0.2, -0.15) is 9.97 Å². The maximum absolute atomic E-state index is 17.1. The van der Waals surface area contributed by atoms with Crippen LogP contribution in [0.15, 0.2) is 76.9 Å². The number of benzene rings is 3. The van der Waals surface area contributed by atoms with Crippen molar-refractivity contribution in [1.82, 2.24) is 45.5 Å². The molecule has 11 rings (SSSR count). The van der Waals surface area contributed by atoms with Gasteiger partial charge in [-0.25, -0.2) is 9.37 Å². The van der Waals surface area contributed by atoms with Crippen LogP contribution in [0.3, 0.4) is 0 Å². The van der Waals surface area contributed by atoms with Crippen molar-refractivity contribution >= 4 is 61.4 Å². The van der Waals surface area contributed by atoms with E-state index in [0.29, 0.717) is 54.4 Å². The number of aryl methyl sites for hydroxylation is 2. The number of carbonyl (C=O) groups excluding carboxylic acids is 2. The molecule has 17 nitrogen and oxygen atoms in total. The van der Waals surface area contributed by atoms with E-state index in [9.17, 15) is 18.9 Å². The Morgan fingerprint density at radius 1 is 1.00 bits per heavy atom. The fourth-order valence-corrected chi connectivity index (χ4v) is 13.8. The Hall–Kier alpha value is -6.61. The molecular formula is C57H65FN10O7S2. The predicted molar refractivity (Wildman–Crippen MR) is 295 cm³/mol. The number of pyridine rings is 1. The van der Waals surface area contributed by atoms with E-state index in [4.69, 9.17) is 28.9 Å². The quantitative estimate of drug-likeness (QED) is 0.0786. The number of rotatable bonds is 17. The summed E-state index contributed by atoms with van der Waals surface area (Å²) in [5.74, 6) is -0.787. The third-order valence-corrected chi connectivity index (χ3v) is 18.0. The first-order valence-corrected chi connectivity index (χ1v) is 29.2. The van der Waals surface area contributed by atoms with Gasteiger partial charge in [0.05, 0.1) is 45.7 Å². The number of ether oxygens (including phenoxy) is 2. The summed E-state index contributed by atoms with van der Waals surface area (Å²) in [7, 11) is -1.40. The molecule has 4 saturated heterocycles. The molecule has 3 N–H and O–H groups in total. The summed E-state index contributed by atoms with van der Waals surface area (Å²) in [6.07, 6.45) is 6.27. The van der Waals surface area contributed by atoms with Gasteiger partial charge in [0.1, 0.15) is 41.3 Å². The van der Waals surface area contributed by atoms with Gasteiger partial charge in [0.2, 0.25) is 11.8 Å². The van der Waals surface area contributed by atoms with Crippen molar-refractivity contribution in [3.05, 3.63) is 101 Å². The van der Waals surface area contributed by atoms with Gasteiger partial charge < -0.3 is 39.5 Å². The zero-order valence-electron chi connectivity index (χ0n) is 44.0. The van der Waals surface area contributed by atoms with Crippen LogP contribution < -0.4 is 25.0 Å². The number of phenolic OH excluding ortho intramolecular Hbond substituents is 1. The number of nitrogens with one attached hydrogen (secondary N) is 2. The summed E-state index contributed by atoms with van der Waals surface area (Å²) in [4.78, 5) is 53.8. The molecular weight excluding hydrogens is 1020 g/mol. The monoisotopic (exact) mass is 1080 g/mol. The van der Waals surface area contributed by atoms with Gasteiger partial charge in [-0.15, -0.1) is 11.3 Å². The fraction of sp³-hybridized carbons (Fsp3) is 0.456.